The zero-order chi connectivity index (χ0) is 13.9. The number of halogens is 3. The minimum atomic E-state index is -4.50. The molecule has 0 saturated heterocycles. The van der Waals surface area contributed by atoms with Crippen molar-refractivity contribution in [2.45, 2.75) is 31.9 Å². The number of ether oxygens (including phenoxy) is 1. The first-order chi connectivity index (χ1) is 9.00. The fourth-order valence-electron chi connectivity index (χ4n) is 2.34. The van der Waals surface area contributed by atoms with Gasteiger partial charge in [-0.1, -0.05) is 12.8 Å². The summed E-state index contributed by atoms with van der Waals surface area (Å²) in [5.74, 6) is 0.810. The van der Waals surface area contributed by atoms with Crippen molar-refractivity contribution in [2.75, 3.05) is 6.61 Å². The van der Waals surface area contributed by atoms with E-state index >= 15 is 0 Å². The number of alkyl halides is 3. The van der Waals surface area contributed by atoms with Crippen LogP contribution in [0.3, 0.4) is 0 Å². The summed E-state index contributed by atoms with van der Waals surface area (Å²) in [6, 6.07) is 4.92. The van der Waals surface area contributed by atoms with Gasteiger partial charge < -0.3 is 4.74 Å². The number of rotatable bonds is 3. The Balaban J connectivity index is 2.08. The molecule has 2 rings (SSSR count). The molecule has 0 N–H and O–H groups in total. The molecule has 0 aliphatic heterocycles. The van der Waals surface area contributed by atoms with Gasteiger partial charge in [0.15, 0.2) is 0 Å². The fourth-order valence-corrected chi connectivity index (χ4v) is 2.34. The Labute approximate surface area is 109 Å². The van der Waals surface area contributed by atoms with Crippen LogP contribution in [0.1, 0.15) is 36.8 Å². The van der Waals surface area contributed by atoms with Gasteiger partial charge in [-0.25, -0.2) is 0 Å². The normalized spacial score (nSPS) is 16.3. The highest BCUT2D eigenvalue weighted by Crippen LogP contribution is 2.34. The van der Waals surface area contributed by atoms with Crippen LogP contribution < -0.4 is 4.74 Å². The number of nitriles is 1. The first kappa shape index (κ1) is 13.7. The highest BCUT2D eigenvalue weighted by Gasteiger charge is 2.33. The van der Waals surface area contributed by atoms with Gasteiger partial charge in [-0.15, -0.1) is 0 Å². The van der Waals surface area contributed by atoms with E-state index in [4.69, 9.17) is 10.00 Å². The summed E-state index contributed by atoms with van der Waals surface area (Å²) in [4.78, 5) is 0. The summed E-state index contributed by atoms with van der Waals surface area (Å²) in [5.41, 5.74) is -1.31. The molecule has 1 fully saturated rings. The third-order valence-corrected chi connectivity index (χ3v) is 3.38. The zero-order valence-electron chi connectivity index (χ0n) is 10.3. The molecule has 2 nitrogen and oxygen atoms in total. The van der Waals surface area contributed by atoms with Crippen LogP contribution in [0.2, 0.25) is 0 Å². The van der Waals surface area contributed by atoms with Crippen LogP contribution >= 0.6 is 0 Å². The number of benzene rings is 1. The second-order valence-electron chi connectivity index (χ2n) is 4.78. The van der Waals surface area contributed by atoms with Crippen LogP contribution in [-0.4, -0.2) is 6.61 Å². The molecule has 0 spiro atoms. The predicted molar refractivity (Wildman–Crippen MR) is 63.6 cm³/mol. The van der Waals surface area contributed by atoms with Crippen LogP contribution in [0.5, 0.6) is 5.75 Å². The van der Waals surface area contributed by atoms with Crippen LogP contribution in [0.4, 0.5) is 13.2 Å². The fraction of sp³-hybridized carbons (Fsp3) is 0.500. The minimum Gasteiger partial charge on any atom is -0.493 e. The third-order valence-electron chi connectivity index (χ3n) is 3.38. The molecule has 0 unspecified atom stereocenters. The summed E-state index contributed by atoms with van der Waals surface area (Å²) >= 11 is 0. The summed E-state index contributed by atoms with van der Waals surface area (Å²) in [6.45, 7) is 0.510. The van der Waals surface area contributed by atoms with Gasteiger partial charge in [0, 0.05) is 0 Å². The van der Waals surface area contributed by atoms with Crippen molar-refractivity contribution in [3.63, 3.8) is 0 Å². The van der Waals surface area contributed by atoms with Gasteiger partial charge >= 0.3 is 6.18 Å². The number of hydrogen-bond donors (Lipinski definition) is 0. The molecule has 0 aromatic heterocycles. The maximum Gasteiger partial charge on any atom is 0.417 e. The van der Waals surface area contributed by atoms with Gasteiger partial charge in [-0.3, -0.25) is 0 Å². The molecule has 5 heteroatoms. The molecule has 102 valence electrons. The summed E-state index contributed by atoms with van der Waals surface area (Å²) in [5, 5.41) is 8.78. The average Bonchev–Trinajstić information content (AvgIpc) is 2.88. The van der Waals surface area contributed by atoms with Gasteiger partial charge in [-0.2, -0.15) is 18.4 Å². The Hall–Kier alpha value is -1.70. The molecule has 1 aliphatic rings. The maximum absolute atomic E-state index is 12.6. The van der Waals surface area contributed by atoms with Crippen molar-refractivity contribution in [3.05, 3.63) is 29.3 Å². The SMILES string of the molecule is N#Cc1cc(OCC2CCCC2)ccc1C(F)(F)F. The maximum atomic E-state index is 12.6. The van der Waals surface area contributed by atoms with Crippen molar-refractivity contribution in [1.82, 2.24) is 0 Å². The minimum absolute atomic E-state index is 0.330. The Morgan fingerprint density at radius 1 is 1.26 bits per heavy atom. The van der Waals surface area contributed by atoms with Crippen molar-refractivity contribution in [1.29, 1.82) is 5.26 Å². The molecule has 0 bridgehead atoms. The van der Waals surface area contributed by atoms with E-state index in [0.29, 0.717) is 18.3 Å². The second kappa shape index (κ2) is 5.52. The lowest BCUT2D eigenvalue weighted by atomic mass is 10.1. The highest BCUT2D eigenvalue weighted by molar-refractivity contribution is 5.44. The van der Waals surface area contributed by atoms with Crippen LogP contribution in [-0.2, 0) is 6.18 Å². The Bertz CT molecular complexity index is 484. The van der Waals surface area contributed by atoms with Crippen molar-refractivity contribution in [3.8, 4) is 11.8 Å². The quantitative estimate of drug-likeness (QED) is 0.826. The lowest BCUT2D eigenvalue weighted by Crippen LogP contribution is -2.10. The van der Waals surface area contributed by atoms with Gasteiger partial charge in [-0.05, 0) is 37.0 Å². The molecule has 0 amide bonds. The summed E-state index contributed by atoms with van der Waals surface area (Å²) < 4.78 is 43.3. The van der Waals surface area contributed by atoms with Crippen molar-refractivity contribution < 1.29 is 17.9 Å². The molecule has 19 heavy (non-hydrogen) atoms. The van der Waals surface area contributed by atoms with E-state index in [-0.39, 0.29) is 0 Å². The van der Waals surface area contributed by atoms with Crippen molar-refractivity contribution >= 4 is 0 Å². The second-order valence-corrected chi connectivity index (χ2v) is 4.78. The molecule has 0 atom stereocenters. The first-order valence-electron chi connectivity index (χ1n) is 6.25. The molecule has 1 saturated carbocycles. The first-order valence-corrected chi connectivity index (χ1v) is 6.25. The number of hydrogen-bond acceptors (Lipinski definition) is 2. The van der Waals surface area contributed by atoms with Gasteiger partial charge in [0.2, 0.25) is 0 Å². The molecule has 1 aliphatic carbocycles. The Morgan fingerprint density at radius 3 is 2.53 bits per heavy atom. The lowest BCUT2D eigenvalue weighted by Gasteiger charge is -2.13. The summed E-state index contributed by atoms with van der Waals surface area (Å²) in [6.07, 6.45) is 0.0709. The predicted octanol–water partition coefficient (Wildman–Crippen LogP) is 4.15. The van der Waals surface area contributed by atoms with Crippen molar-refractivity contribution in [2.24, 2.45) is 5.92 Å². The van der Waals surface area contributed by atoms with E-state index in [1.54, 1.807) is 6.07 Å². The topological polar surface area (TPSA) is 33.0 Å². The Morgan fingerprint density at radius 2 is 1.95 bits per heavy atom. The molecule has 0 heterocycles. The smallest absolute Gasteiger partial charge is 0.417 e. The van der Waals surface area contributed by atoms with Gasteiger partial charge in [0.1, 0.15) is 5.75 Å². The van der Waals surface area contributed by atoms with Crippen LogP contribution in [0.15, 0.2) is 18.2 Å². The van der Waals surface area contributed by atoms with Crippen LogP contribution in [0.25, 0.3) is 0 Å². The molecule has 1 aromatic carbocycles. The highest BCUT2D eigenvalue weighted by atomic mass is 19.4. The van der Waals surface area contributed by atoms with Gasteiger partial charge in [0.25, 0.3) is 0 Å². The summed E-state index contributed by atoms with van der Waals surface area (Å²) in [7, 11) is 0. The van der Waals surface area contributed by atoms with E-state index in [1.807, 2.05) is 0 Å². The third kappa shape index (κ3) is 3.40. The largest absolute Gasteiger partial charge is 0.493 e. The molecular weight excluding hydrogens is 255 g/mol. The number of nitrogens with zero attached hydrogens (tertiary/aromatic N) is 1. The van der Waals surface area contributed by atoms with Crippen LogP contribution in [0, 0.1) is 17.2 Å². The van der Waals surface area contributed by atoms with E-state index < -0.39 is 17.3 Å². The molecule has 1 aromatic rings. The average molecular weight is 269 g/mol. The van der Waals surface area contributed by atoms with Gasteiger partial charge in [0.05, 0.1) is 23.8 Å². The molecule has 0 radical (unpaired) electrons. The van der Waals surface area contributed by atoms with E-state index in [9.17, 15) is 13.2 Å². The molecular formula is C14H14F3NO. The zero-order valence-corrected chi connectivity index (χ0v) is 10.3. The lowest BCUT2D eigenvalue weighted by molar-refractivity contribution is -0.137. The van der Waals surface area contributed by atoms with E-state index in [1.165, 1.54) is 18.9 Å². The van der Waals surface area contributed by atoms with E-state index in [2.05, 4.69) is 0 Å². The Kier molecular flexibility index (Phi) is 3.98. The standard InChI is InChI=1S/C14H14F3NO/c15-14(16,17)13-6-5-12(7-11(13)8-18)19-9-10-3-1-2-4-10/h5-7,10H,1-4,9H2. The van der Waals surface area contributed by atoms with E-state index in [0.717, 1.165) is 25.0 Å². The monoisotopic (exact) mass is 269 g/mol.